The summed E-state index contributed by atoms with van der Waals surface area (Å²) in [5.41, 5.74) is 3.69. The molecular weight excluding hydrogens is 494 g/mol. The van der Waals surface area contributed by atoms with E-state index < -0.39 is 6.10 Å². The molecular formula is C32H52BrNO. The van der Waals surface area contributed by atoms with Crippen LogP contribution in [0.25, 0.3) is 0 Å². The third-order valence-electron chi connectivity index (χ3n) is 7.40. The Hall–Kier alpha value is -1.16. The van der Waals surface area contributed by atoms with Crippen molar-refractivity contribution in [3.05, 3.63) is 71.3 Å². The summed E-state index contributed by atoms with van der Waals surface area (Å²) in [6, 6.07) is 19.2. The molecule has 0 aromatic heterocycles. The monoisotopic (exact) mass is 545 g/mol. The predicted octanol–water partition coefficient (Wildman–Crippen LogP) is 5.76. The molecule has 0 aliphatic carbocycles. The number of likely N-dealkylation sites (N-methyl/N-ethyl adjacent to an activating group) is 1. The van der Waals surface area contributed by atoms with E-state index in [0.717, 1.165) is 16.6 Å². The molecule has 0 fully saturated rings. The number of nitrogens with zero attached hydrogens (tertiary/aromatic N) is 1. The van der Waals surface area contributed by atoms with E-state index in [4.69, 9.17) is 0 Å². The average Bonchev–Trinajstić information content (AvgIpc) is 2.80. The van der Waals surface area contributed by atoms with Crippen molar-refractivity contribution in [3.8, 4) is 0 Å². The summed E-state index contributed by atoms with van der Waals surface area (Å²) in [6.45, 7) is 10.1. The first-order valence-corrected chi connectivity index (χ1v) is 13.8. The van der Waals surface area contributed by atoms with Crippen molar-refractivity contribution in [3.63, 3.8) is 0 Å². The lowest BCUT2D eigenvalue weighted by Gasteiger charge is -2.41. The van der Waals surface area contributed by atoms with Gasteiger partial charge in [-0.2, -0.15) is 0 Å². The molecule has 0 bridgehead atoms. The topological polar surface area (TPSA) is 20.2 Å². The number of quaternary nitrogens is 1. The highest BCUT2D eigenvalue weighted by molar-refractivity contribution is 5.31. The van der Waals surface area contributed by atoms with Gasteiger partial charge in [-0.3, -0.25) is 0 Å². The molecule has 35 heavy (non-hydrogen) atoms. The van der Waals surface area contributed by atoms with E-state index in [1.807, 2.05) is 18.2 Å². The number of unbranched alkanes of at least 4 members (excludes halogenated alkanes) is 9. The average molecular weight is 547 g/mol. The van der Waals surface area contributed by atoms with Gasteiger partial charge in [-0.25, -0.2) is 0 Å². The smallest absolute Gasteiger partial charge is 0.145 e. The Balaban J connectivity index is 0.00000612. The van der Waals surface area contributed by atoms with Crippen molar-refractivity contribution in [2.24, 2.45) is 0 Å². The summed E-state index contributed by atoms with van der Waals surface area (Å²) in [6.07, 6.45) is 13.0. The van der Waals surface area contributed by atoms with E-state index in [2.05, 4.69) is 78.2 Å². The Morgan fingerprint density at radius 1 is 0.686 bits per heavy atom. The molecule has 0 radical (unpaired) electrons. The minimum atomic E-state index is -0.528. The lowest BCUT2D eigenvalue weighted by atomic mass is 9.85. The molecule has 0 aliphatic rings. The van der Waals surface area contributed by atoms with Gasteiger partial charge in [0.05, 0.1) is 20.6 Å². The SMILES string of the molecule is CCCCCCCCCCCC[N+](C)(C)C(c1ccc(C(C)(C)C)cc1)C(O)c1ccccc1.[Br-]. The second-order valence-corrected chi connectivity index (χ2v) is 11.9. The van der Waals surface area contributed by atoms with Crippen molar-refractivity contribution in [1.82, 2.24) is 0 Å². The molecule has 2 rings (SSSR count). The third-order valence-corrected chi connectivity index (χ3v) is 7.40. The highest BCUT2D eigenvalue weighted by Gasteiger charge is 2.37. The Bertz CT molecular complexity index is 795. The van der Waals surface area contributed by atoms with E-state index in [9.17, 15) is 5.11 Å². The van der Waals surface area contributed by atoms with Crippen LogP contribution in [0.2, 0.25) is 0 Å². The fourth-order valence-electron chi connectivity index (χ4n) is 5.13. The van der Waals surface area contributed by atoms with Crippen LogP contribution in [0.3, 0.4) is 0 Å². The number of benzene rings is 2. The molecule has 198 valence electrons. The minimum absolute atomic E-state index is 0. The van der Waals surface area contributed by atoms with Crippen LogP contribution in [-0.2, 0) is 5.41 Å². The van der Waals surface area contributed by atoms with E-state index in [0.29, 0.717) is 0 Å². The standard InChI is InChI=1S/C32H52NO.BrH/c1-7-8-9-10-11-12-13-14-15-19-26-33(5,6)30(31(34)28-20-17-16-18-21-28)27-22-24-29(25-23-27)32(2,3)4;/h16-18,20-25,30-31,34H,7-15,19,26H2,1-6H3;1H/q+1;/p-1. The van der Waals surface area contributed by atoms with Crippen LogP contribution in [-0.4, -0.2) is 30.2 Å². The molecule has 2 aromatic rings. The van der Waals surface area contributed by atoms with Crippen LogP contribution >= 0.6 is 0 Å². The molecule has 2 unspecified atom stereocenters. The first-order valence-electron chi connectivity index (χ1n) is 13.8. The van der Waals surface area contributed by atoms with Crippen LogP contribution in [0.15, 0.2) is 54.6 Å². The van der Waals surface area contributed by atoms with Gasteiger partial charge in [0.2, 0.25) is 0 Å². The zero-order valence-electron chi connectivity index (χ0n) is 23.4. The minimum Gasteiger partial charge on any atom is -1.00 e. The molecule has 0 aliphatic heterocycles. The van der Waals surface area contributed by atoms with Crippen molar-refractivity contribution in [2.75, 3.05) is 20.6 Å². The molecule has 0 amide bonds. The first-order chi connectivity index (χ1) is 16.2. The van der Waals surface area contributed by atoms with Crippen molar-refractivity contribution in [1.29, 1.82) is 0 Å². The molecule has 0 saturated heterocycles. The Morgan fingerprint density at radius 2 is 1.17 bits per heavy atom. The van der Waals surface area contributed by atoms with E-state index in [1.165, 1.54) is 75.3 Å². The van der Waals surface area contributed by atoms with Gasteiger partial charge < -0.3 is 26.6 Å². The van der Waals surface area contributed by atoms with Gasteiger partial charge in [0.25, 0.3) is 0 Å². The zero-order chi connectivity index (χ0) is 25.0. The number of aliphatic hydroxyl groups is 1. The molecule has 0 saturated carbocycles. The second kappa shape index (κ2) is 15.8. The predicted molar refractivity (Wildman–Crippen MR) is 148 cm³/mol. The molecule has 3 heteroatoms. The fraction of sp³-hybridized carbons (Fsp3) is 0.625. The summed E-state index contributed by atoms with van der Waals surface area (Å²) in [4.78, 5) is 0. The molecule has 0 spiro atoms. The second-order valence-electron chi connectivity index (χ2n) is 11.9. The van der Waals surface area contributed by atoms with Crippen LogP contribution < -0.4 is 17.0 Å². The summed E-state index contributed by atoms with van der Waals surface area (Å²) in [5.74, 6) is 0. The van der Waals surface area contributed by atoms with E-state index in [-0.39, 0.29) is 28.4 Å². The molecule has 1 N–H and O–H groups in total. The van der Waals surface area contributed by atoms with Crippen LogP contribution in [0.1, 0.15) is 121 Å². The molecule has 2 nitrogen and oxygen atoms in total. The van der Waals surface area contributed by atoms with Gasteiger partial charge in [0.1, 0.15) is 12.1 Å². The fourth-order valence-corrected chi connectivity index (χ4v) is 5.13. The van der Waals surface area contributed by atoms with Crippen molar-refractivity contribution in [2.45, 2.75) is 109 Å². The van der Waals surface area contributed by atoms with Crippen LogP contribution in [0.5, 0.6) is 0 Å². The molecule has 2 atom stereocenters. The maximum absolute atomic E-state index is 11.5. The largest absolute Gasteiger partial charge is 1.00 e. The Labute approximate surface area is 227 Å². The summed E-state index contributed by atoms with van der Waals surface area (Å²) in [7, 11) is 4.59. The van der Waals surface area contributed by atoms with E-state index in [1.54, 1.807) is 0 Å². The maximum Gasteiger partial charge on any atom is 0.145 e. The lowest BCUT2D eigenvalue weighted by Crippen LogP contribution is -3.00. The number of rotatable bonds is 15. The van der Waals surface area contributed by atoms with E-state index >= 15 is 0 Å². The van der Waals surface area contributed by atoms with Crippen molar-refractivity contribution < 1.29 is 26.6 Å². The maximum atomic E-state index is 11.5. The van der Waals surface area contributed by atoms with Gasteiger partial charge >= 0.3 is 0 Å². The van der Waals surface area contributed by atoms with Gasteiger partial charge in [0, 0.05) is 5.56 Å². The zero-order valence-corrected chi connectivity index (χ0v) is 25.0. The summed E-state index contributed by atoms with van der Waals surface area (Å²) < 4.78 is 0.794. The highest BCUT2D eigenvalue weighted by atomic mass is 79.9. The highest BCUT2D eigenvalue weighted by Crippen LogP contribution is 2.38. The normalized spacial score (nSPS) is 13.8. The van der Waals surface area contributed by atoms with Crippen LogP contribution in [0, 0.1) is 0 Å². The number of aliphatic hydroxyl groups excluding tert-OH is 1. The van der Waals surface area contributed by atoms with Crippen molar-refractivity contribution >= 4 is 0 Å². The Morgan fingerprint density at radius 3 is 1.66 bits per heavy atom. The Kier molecular flexibility index (Phi) is 14.4. The summed E-state index contributed by atoms with van der Waals surface area (Å²) >= 11 is 0. The lowest BCUT2D eigenvalue weighted by molar-refractivity contribution is -0.926. The first kappa shape index (κ1) is 31.9. The number of hydrogen-bond donors (Lipinski definition) is 1. The van der Waals surface area contributed by atoms with Gasteiger partial charge in [-0.05, 0) is 29.4 Å². The quantitative estimate of drug-likeness (QED) is 0.223. The van der Waals surface area contributed by atoms with Gasteiger partial charge in [-0.15, -0.1) is 0 Å². The van der Waals surface area contributed by atoms with Gasteiger partial charge in [-0.1, -0.05) is 134 Å². The van der Waals surface area contributed by atoms with Crippen LogP contribution in [0.4, 0.5) is 0 Å². The molecule has 2 aromatic carbocycles. The third kappa shape index (κ3) is 10.8. The summed E-state index contributed by atoms with van der Waals surface area (Å²) in [5, 5.41) is 11.5. The number of hydrogen-bond acceptors (Lipinski definition) is 1. The molecule has 0 heterocycles. The van der Waals surface area contributed by atoms with Gasteiger partial charge in [0.15, 0.2) is 0 Å². The number of halogens is 1.